The van der Waals surface area contributed by atoms with Gasteiger partial charge in [-0.25, -0.2) is 4.79 Å². The van der Waals surface area contributed by atoms with Crippen LogP contribution in [0.5, 0.6) is 5.75 Å². The Labute approximate surface area is 223 Å². The van der Waals surface area contributed by atoms with E-state index in [-0.39, 0.29) is 12.3 Å². The second-order valence-corrected chi connectivity index (χ2v) is 9.86. The lowest BCUT2D eigenvalue weighted by Crippen LogP contribution is -2.45. The van der Waals surface area contributed by atoms with Crippen molar-refractivity contribution in [1.82, 2.24) is 10.3 Å². The van der Waals surface area contributed by atoms with E-state index in [0.717, 1.165) is 32.1 Å². The Morgan fingerprint density at radius 3 is 2.47 bits per heavy atom. The lowest BCUT2D eigenvalue weighted by molar-refractivity contribution is -0.142. The van der Waals surface area contributed by atoms with Crippen LogP contribution >= 0.6 is 28.6 Å². The van der Waals surface area contributed by atoms with Gasteiger partial charge in [-0.3, -0.25) is 4.79 Å². The number of aromatic nitrogens is 1. The maximum Gasteiger partial charge on any atom is 0.326 e. The molecule has 186 valence electrons. The molecule has 3 N–H and O–H groups in total. The number of amides is 1. The number of rotatable bonds is 11. The molecule has 0 spiro atoms. The summed E-state index contributed by atoms with van der Waals surface area (Å²) in [6.07, 6.45) is 2.38. The molecule has 1 unspecified atom stereocenters. The molecular weight excluding hydrogens is 540 g/mol. The molecule has 0 fully saturated rings. The number of hydrogen-bond donors (Lipinski definition) is 4. The van der Waals surface area contributed by atoms with E-state index in [4.69, 9.17) is 4.74 Å². The standard InChI is InChI=1S/C28H27BrN2O4S/c29-22-9-4-8-19(13-22)12-21(17-36)27(32)31-24(28(33)34)14-20-15-30-26-23(20)10-5-11-25(26)35-16-18-6-2-1-3-7-18/h1-11,13,15,21,24,30,36H,12,14,16-17H2,(H,31,32)(H,33,34)/t21?,24-/m0/s1. The average Bonchev–Trinajstić information content (AvgIpc) is 3.29. The summed E-state index contributed by atoms with van der Waals surface area (Å²) in [6.45, 7) is 0.422. The molecule has 0 radical (unpaired) electrons. The van der Waals surface area contributed by atoms with Crippen molar-refractivity contribution in [1.29, 1.82) is 0 Å². The molecule has 0 aliphatic rings. The van der Waals surface area contributed by atoms with Gasteiger partial charge in [0.1, 0.15) is 18.4 Å². The van der Waals surface area contributed by atoms with Gasteiger partial charge in [-0.2, -0.15) is 12.6 Å². The van der Waals surface area contributed by atoms with E-state index in [1.807, 2.05) is 72.8 Å². The quantitative estimate of drug-likeness (QED) is 0.183. The first-order valence-corrected chi connectivity index (χ1v) is 13.0. The van der Waals surface area contributed by atoms with Crippen LogP contribution in [0.4, 0.5) is 0 Å². The number of aromatic amines is 1. The number of aliphatic carboxylic acids is 1. The summed E-state index contributed by atoms with van der Waals surface area (Å²) in [5.74, 6) is -0.883. The van der Waals surface area contributed by atoms with Gasteiger partial charge in [0, 0.05) is 28.2 Å². The fourth-order valence-electron chi connectivity index (χ4n) is 4.11. The molecule has 8 heteroatoms. The summed E-state index contributed by atoms with van der Waals surface area (Å²) in [6, 6.07) is 22.2. The summed E-state index contributed by atoms with van der Waals surface area (Å²) in [5.41, 5.74) is 3.61. The highest BCUT2D eigenvalue weighted by atomic mass is 79.9. The summed E-state index contributed by atoms with van der Waals surface area (Å²) in [5, 5.41) is 13.4. The van der Waals surface area contributed by atoms with Crippen LogP contribution in [0.1, 0.15) is 16.7 Å². The Morgan fingerprint density at radius 2 is 1.75 bits per heavy atom. The number of H-pyrrole nitrogens is 1. The number of carboxylic acid groups (broad SMARTS) is 1. The number of fused-ring (bicyclic) bond motifs is 1. The van der Waals surface area contributed by atoms with Crippen molar-refractivity contribution in [3.63, 3.8) is 0 Å². The molecule has 2 atom stereocenters. The van der Waals surface area contributed by atoms with Gasteiger partial charge in [0.25, 0.3) is 0 Å². The van der Waals surface area contributed by atoms with Crippen LogP contribution in [0, 0.1) is 5.92 Å². The van der Waals surface area contributed by atoms with Crippen molar-refractivity contribution in [3.05, 3.63) is 100 Å². The zero-order chi connectivity index (χ0) is 25.5. The number of nitrogens with one attached hydrogen (secondary N) is 2. The highest BCUT2D eigenvalue weighted by Gasteiger charge is 2.26. The monoisotopic (exact) mass is 566 g/mol. The number of carbonyl (C=O) groups is 2. The lowest BCUT2D eigenvalue weighted by Gasteiger charge is -2.19. The number of para-hydroxylation sites is 1. The van der Waals surface area contributed by atoms with Crippen LogP contribution in [-0.4, -0.2) is 33.8 Å². The fourth-order valence-corrected chi connectivity index (χ4v) is 4.85. The largest absolute Gasteiger partial charge is 0.487 e. The number of carboxylic acids is 1. The minimum Gasteiger partial charge on any atom is -0.487 e. The zero-order valence-electron chi connectivity index (χ0n) is 19.5. The Morgan fingerprint density at radius 1 is 1.00 bits per heavy atom. The highest BCUT2D eigenvalue weighted by Crippen LogP contribution is 2.29. The summed E-state index contributed by atoms with van der Waals surface area (Å²) >= 11 is 7.78. The molecule has 4 rings (SSSR count). The maximum absolute atomic E-state index is 13.0. The second-order valence-electron chi connectivity index (χ2n) is 8.58. The SMILES string of the molecule is O=C(N[C@@H](Cc1c[nH]c2c(OCc3ccccc3)cccc12)C(=O)O)C(CS)Cc1cccc(Br)c1. The van der Waals surface area contributed by atoms with Gasteiger partial charge in [-0.1, -0.05) is 70.5 Å². The van der Waals surface area contributed by atoms with Crippen LogP contribution in [0.15, 0.2) is 83.5 Å². The summed E-state index contributed by atoms with van der Waals surface area (Å²) in [7, 11) is 0. The van der Waals surface area contributed by atoms with E-state index in [9.17, 15) is 14.7 Å². The number of benzene rings is 3. The van der Waals surface area contributed by atoms with Gasteiger partial charge in [0.15, 0.2) is 0 Å². The molecule has 0 aliphatic carbocycles. The molecule has 1 amide bonds. The van der Waals surface area contributed by atoms with Crippen molar-refractivity contribution >= 4 is 51.3 Å². The molecular formula is C28H27BrN2O4S. The van der Waals surface area contributed by atoms with Crippen molar-refractivity contribution in [2.75, 3.05) is 5.75 Å². The number of halogens is 1. The van der Waals surface area contributed by atoms with Gasteiger partial charge in [0.2, 0.25) is 5.91 Å². The molecule has 36 heavy (non-hydrogen) atoms. The highest BCUT2D eigenvalue weighted by molar-refractivity contribution is 9.10. The first-order chi connectivity index (χ1) is 17.4. The van der Waals surface area contributed by atoms with Crippen molar-refractivity contribution in [2.24, 2.45) is 5.92 Å². The van der Waals surface area contributed by atoms with Gasteiger partial charge in [-0.15, -0.1) is 0 Å². The second kappa shape index (κ2) is 12.1. The minimum atomic E-state index is -1.09. The van der Waals surface area contributed by atoms with E-state index in [1.54, 1.807) is 6.20 Å². The summed E-state index contributed by atoms with van der Waals surface area (Å²) < 4.78 is 6.94. The van der Waals surface area contributed by atoms with E-state index in [1.165, 1.54) is 0 Å². The van der Waals surface area contributed by atoms with E-state index in [2.05, 4.69) is 38.9 Å². The third kappa shape index (κ3) is 6.50. The zero-order valence-corrected chi connectivity index (χ0v) is 22.0. The molecule has 4 aromatic rings. The molecule has 0 saturated heterocycles. The molecule has 1 aromatic heterocycles. The maximum atomic E-state index is 13.0. The molecule has 3 aromatic carbocycles. The number of carbonyl (C=O) groups excluding carboxylic acids is 1. The smallest absolute Gasteiger partial charge is 0.326 e. The third-order valence-electron chi connectivity index (χ3n) is 6.00. The minimum absolute atomic E-state index is 0.138. The van der Waals surface area contributed by atoms with Gasteiger partial charge < -0.3 is 20.1 Å². The Bertz CT molecular complexity index is 1340. The molecule has 0 bridgehead atoms. The third-order valence-corrected chi connectivity index (χ3v) is 6.94. The Balaban J connectivity index is 1.46. The first-order valence-electron chi connectivity index (χ1n) is 11.6. The Kier molecular flexibility index (Phi) is 8.72. The molecule has 6 nitrogen and oxygen atoms in total. The fraction of sp³-hybridized carbons (Fsp3) is 0.214. The van der Waals surface area contributed by atoms with Crippen molar-refractivity contribution in [3.8, 4) is 5.75 Å². The van der Waals surface area contributed by atoms with Crippen LogP contribution < -0.4 is 10.1 Å². The van der Waals surface area contributed by atoms with Crippen molar-refractivity contribution in [2.45, 2.75) is 25.5 Å². The Hall–Kier alpha value is -3.23. The average molecular weight is 568 g/mol. The lowest BCUT2D eigenvalue weighted by atomic mass is 9.99. The van der Waals surface area contributed by atoms with Gasteiger partial charge in [-0.05, 0) is 41.3 Å². The number of thiol groups is 1. The van der Waals surface area contributed by atoms with E-state index < -0.39 is 17.9 Å². The number of ether oxygens (including phenoxy) is 1. The topological polar surface area (TPSA) is 91.4 Å². The molecule has 1 heterocycles. The van der Waals surface area contributed by atoms with Crippen LogP contribution in [-0.2, 0) is 29.0 Å². The molecule has 0 saturated carbocycles. The molecule has 0 aliphatic heterocycles. The van der Waals surface area contributed by atoms with Crippen LogP contribution in [0.25, 0.3) is 10.9 Å². The summed E-state index contributed by atoms with van der Waals surface area (Å²) in [4.78, 5) is 28.3. The normalized spacial score (nSPS) is 12.7. The van der Waals surface area contributed by atoms with Crippen molar-refractivity contribution < 1.29 is 19.4 Å². The van der Waals surface area contributed by atoms with Gasteiger partial charge >= 0.3 is 5.97 Å². The van der Waals surface area contributed by atoms with E-state index >= 15 is 0 Å². The first kappa shape index (κ1) is 25.9. The number of hydrogen-bond acceptors (Lipinski definition) is 4. The van der Waals surface area contributed by atoms with Crippen LogP contribution in [0.2, 0.25) is 0 Å². The predicted octanol–water partition coefficient (Wildman–Crippen LogP) is 5.41. The van der Waals surface area contributed by atoms with Crippen LogP contribution in [0.3, 0.4) is 0 Å². The van der Waals surface area contributed by atoms with Gasteiger partial charge in [0.05, 0.1) is 11.4 Å². The predicted molar refractivity (Wildman–Crippen MR) is 148 cm³/mol. The van der Waals surface area contributed by atoms with E-state index in [0.29, 0.717) is 24.5 Å².